The Morgan fingerprint density at radius 2 is 1.92 bits per heavy atom. The van der Waals surface area contributed by atoms with E-state index in [-0.39, 0.29) is 0 Å². The molecule has 0 saturated carbocycles. The second-order valence-corrected chi connectivity index (χ2v) is 5.95. The molecule has 1 heterocycles. The fraction of sp³-hybridized carbons (Fsp3) is 0.227. The second-order valence-electron chi connectivity index (χ2n) is 5.95. The summed E-state index contributed by atoms with van der Waals surface area (Å²) in [7, 11) is 0. The van der Waals surface area contributed by atoms with Gasteiger partial charge in [0.05, 0.1) is 5.71 Å². The number of hydrogen-bond acceptors (Lipinski definition) is 2. The van der Waals surface area contributed by atoms with Crippen LogP contribution in [0.3, 0.4) is 0 Å². The molecule has 3 aromatic rings. The molecule has 2 heteroatoms. The molecule has 0 spiro atoms. The Morgan fingerprint density at radius 3 is 2.62 bits per heavy atom. The van der Waals surface area contributed by atoms with Crippen LogP contribution in [0.1, 0.15) is 37.8 Å². The van der Waals surface area contributed by atoms with Gasteiger partial charge in [-0.15, -0.1) is 0 Å². The van der Waals surface area contributed by atoms with E-state index in [1.807, 2.05) is 24.3 Å². The molecule has 2 aromatic carbocycles. The fourth-order valence-electron chi connectivity index (χ4n) is 3.04. The van der Waals surface area contributed by atoms with Gasteiger partial charge in [0.15, 0.2) is 0 Å². The van der Waals surface area contributed by atoms with Gasteiger partial charge in [0.25, 0.3) is 0 Å². The zero-order valence-electron chi connectivity index (χ0n) is 14.4. The Kier molecular flexibility index (Phi) is 4.66. The summed E-state index contributed by atoms with van der Waals surface area (Å²) in [5, 5.41) is 2.26. The van der Waals surface area contributed by atoms with Crippen LogP contribution in [0.4, 0.5) is 0 Å². The maximum atomic E-state index is 6.21. The van der Waals surface area contributed by atoms with Crippen molar-refractivity contribution in [3.8, 4) is 0 Å². The van der Waals surface area contributed by atoms with Gasteiger partial charge in [-0.3, -0.25) is 4.99 Å². The van der Waals surface area contributed by atoms with Gasteiger partial charge in [-0.2, -0.15) is 0 Å². The molecule has 0 fully saturated rings. The number of furan rings is 1. The molecule has 122 valence electrons. The number of fused-ring (bicyclic) bond motifs is 3. The van der Waals surface area contributed by atoms with Crippen molar-refractivity contribution in [1.82, 2.24) is 0 Å². The molecule has 0 bridgehead atoms. The van der Waals surface area contributed by atoms with E-state index in [2.05, 4.69) is 45.2 Å². The highest BCUT2D eigenvalue weighted by atomic mass is 16.3. The first kappa shape index (κ1) is 16.3. The molecule has 1 aromatic heterocycles. The lowest BCUT2D eigenvalue weighted by Gasteiger charge is -2.10. The molecule has 0 aliphatic heterocycles. The summed E-state index contributed by atoms with van der Waals surface area (Å²) in [6.45, 7) is 12.2. The molecule has 0 unspecified atom stereocenters. The van der Waals surface area contributed by atoms with Crippen LogP contribution >= 0.6 is 0 Å². The van der Waals surface area contributed by atoms with E-state index >= 15 is 0 Å². The van der Waals surface area contributed by atoms with E-state index in [0.717, 1.165) is 58.2 Å². The van der Waals surface area contributed by atoms with E-state index in [4.69, 9.17) is 9.41 Å². The number of benzene rings is 2. The third-order valence-corrected chi connectivity index (χ3v) is 4.29. The summed E-state index contributed by atoms with van der Waals surface area (Å²) in [5.41, 5.74) is 5.78. The van der Waals surface area contributed by atoms with Crippen molar-refractivity contribution in [3.05, 3.63) is 72.5 Å². The zero-order valence-corrected chi connectivity index (χ0v) is 14.4. The molecule has 0 amide bonds. The molecule has 0 radical (unpaired) electrons. The fourth-order valence-corrected chi connectivity index (χ4v) is 3.04. The maximum absolute atomic E-state index is 6.21. The monoisotopic (exact) mass is 317 g/mol. The lowest BCUT2D eigenvalue weighted by molar-refractivity contribution is 0.667. The van der Waals surface area contributed by atoms with E-state index in [1.165, 1.54) is 5.56 Å². The first-order valence-electron chi connectivity index (χ1n) is 8.52. The summed E-state index contributed by atoms with van der Waals surface area (Å²) in [5.74, 6) is 0. The summed E-state index contributed by atoms with van der Waals surface area (Å²) in [6.07, 6.45) is 4.67. The number of hydrogen-bond donors (Lipinski definition) is 0. The van der Waals surface area contributed by atoms with E-state index in [0.29, 0.717) is 0 Å². The van der Waals surface area contributed by atoms with Crippen LogP contribution < -0.4 is 0 Å². The lowest BCUT2D eigenvalue weighted by atomic mass is 9.96. The predicted molar refractivity (Wildman–Crippen MR) is 104 cm³/mol. The van der Waals surface area contributed by atoms with Crippen molar-refractivity contribution >= 4 is 27.7 Å². The number of rotatable bonds is 6. The molecule has 0 saturated heterocycles. The van der Waals surface area contributed by atoms with Crippen molar-refractivity contribution in [2.45, 2.75) is 33.1 Å². The average Bonchev–Trinajstić information content (AvgIpc) is 2.98. The third-order valence-electron chi connectivity index (χ3n) is 4.29. The Balaban J connectivity index is 2.36. The highest BCUT2D eigenvalue weighted by Crippen LogP contribution is 2.33. The lowest BCUT2D eigenvalue weighted by Crippen LogP contribution is -2.03. The second kappa shape index (κ2) is 6.88. The number of nitrogens with zero attached hydrogens (tertiary/aromatic N) is 1. The van der Waals surface area contributed by atoms with Gasteiger partial charge in [0, 0.05) is 22.0 Å². The van der Waals surface area contributed by atoms with Gasteiger partial charge in [-0.25, -0.2) is 0 Å². The van der Waals surface area contributed by atoms with Gasteiger partial charge in [0.1, 0.15) is 11.2 Å². The van der Waals surface area contributed by atoms with Crippen molar-refractivity contribution in [3.63, 3.8) is 0 Å². The minimum Gasteiger partial charge on any atom is -0.455 e. The first-order valence-corrected chi connectivity index (χ1v) is 8.52. The summed E-state index contributed by atoms with van der Waals surface area (Å²) in [6, 6.07) is 12.5. The topological polar surface area (TPSA) is 25.5 Å². The Bertz CT molecular complexity index is 943. The molecule has 0 aliphatic rings. The van der Waals surface area contributed by atoms with Gasteiger partial charge in [-0.1, -0.05) is 63.8 Å². The van der Waals surface area contributed by atoms with Crippen LogP contribution in [0.25, 0.3) is 21.9 Å². The summed E-state index contributed by atoms with van der Waals surface area (Å²) in [4.78, 5) is 4.69. The first-order chi connectivity index (χ1) is 11.7. The van der Waals surface area contributed by atoms with Crippen molar-refractivity contribution in [1.29, 1.82) is 0 Å². The van der Waals surface area contributed by atoms with Crippen molar-refractivity contribution in [2.24, 2.45) is 4.99 Å². The van der Waals surface area contributed by atoms with Gasteiger partial charge >= 0.3 is 0 Å². The molecule has 24 heavy (non-hydrogen) atoms. The predicted octanol–water partition coefficient (Wildman–Crippen LogP) is 6.44. The average molecular weight is 317 g/mol. The number of para-hydroxylation sites is 1. The quantitative estimate of drug-likeness (QED) is 0.480. The Hall–Kier alpha value is -2.61. The summed E-state index contributed by atoms with van der Waals surface area (Å²) >= 11 is 0. The SMILES string of the molecule is C=C/C(=N/C(=C)CC)c1c(CCC)ccc2c1oc1ccccc12. The smallest absolute Gasteiger partial charge is 0.145 e. The van der Waals surface area contributed by atoms with Crippen LogP contribution in [0.2, 0.25) is 0 Å². The zero-order chi connectivity index (χ0) is 17.1. The van der Waals surface area contributed by atoms with Gasteiger partial charge in [0.2, 0.25) is 0 Å². The van der Waals surface area contributed by atoms with E-state index < -0.39 is 0 Å². The van der Waals surface area contributed by atoms with E-state index in [1.54, 1.807) is 0 Å². The highest BCUT2D eigenvalue weighted by Gasteiger charge is 2.17. The minimum atomic E-state index is 0.816. The number of allylic oxidation sites excluding steroid dienone is 2. The molecule has 2 nitrogen and oxygen atoms in total. The van der Waals surface area contributed by atoms with Crippen molar-refractivity contribution < 1.29 is 4.42 Å². The number of aryl methyl sites for hydroxylation is 1. The number of aliphatic imine (C=N–C) groups is 1. The normalized spacial score (nSPS) is 12.0. The molecule has 0 N–H and O–H groups in total. The van der Waals surface area contributed by atoms with Crippen LogP contribution in [0.15, 0.2) is 70.7 Å². The van der Waals surface area contributed by atoms with Crippen LogP contribution in [0, 0.1) is 0 Å². The largest absolute Gasteiger partial charge is 0.455 e. The molecular weight excluding hydrogens is 294 g/mol. The van der Waals surface area contributed by atoms with Crippen LogP contribution in [-0.4, -0.2) is 5.71 Å². The molecule has 3 rings (SSSR count). The molecular formula is C22H23NO. The molecule has 0 aliphatic carbocycles. The summed E-state index contributed by atoms with van der Waals surface area (Å²) < 4.78 is 6.21. The van der Waals surface area contributed by atoms with Crippen LogP contribution in [0.5, 0.6) is 0 Å². The Morgan fingerprint density at radius 1 is 1.12 bits per heavy atom. The Labute approximate surface area is 143 Å². The minimum absolute atomic E-state index is 0.816. The van der Waals surface area contributed by atoms with Crippen LogP contribution in [-0.2, 0) is 6.42 Å². The molecule has 0 atom stereocenters. The van der Waals surface area contributed by atoms with Crippen molar-refractivity contribution in [2.75, 3.05) is 0 Å². The van der Waals surface area contributed by atoms with Gasteiger partial charge in [-0.05, 0) is 30.5 Å². The third kappa shape index (κ3) is 2.80. The standard InChI is InChI=1S/C22H23NO/c1-5-10-16-13-14-18-17-11-8-9-12-20(17)24-22(18)21(16)19(7-3)23-15(4)6-2/h7-9,11-14H,3-6,10H2,1-2H3/b23-19-. The van der Waals surface area contributed by atoms with E-state index in [9.17, 15) is 0 Å². The maximum Gasteiger partial charge on any atom is 0.145 e. The highest BCUT2D eigenvalue weighted by molar-refractivity contribution is 6.19. The van der Waals surface area contributed by atoms with Gasteiger partial charge < -0.3 is 4.42 Å².